The summed E-state index contributed by atoms with van der Waals surface area (Å²) in [5.74, 6) is 0.708. The molecule has 2 heteroatoms. The van der Waals surface area contributed by atoms with Crippen LogP contribution in [0.1, 0.15) is 0 Å². The Morgan fingerprint density at radius 3 is 2.86 bits per heavy atom. The molecule has 0 atom stereocenters. The van der Waals surface area contributed by atoms with Gasteiger partial charge in [-0.15, -0.1) is 0 Å². The Morgan fingerprint density at radius 1 is 1.71 bits per heavy atom. The molecule has 0 bridgehead atoms. The molecule has 0 aromatic rings. The van der Waals surface area contributed by atoms with Gasteiger partial charge in [0.1, 0.15) is 6.61 Å². The molecule has 38 valence electrons. The topological polar surface area (TPSA) is 18.5 Å². The van der Waals surface area contributed by atoms with Gasteiger partial charge in [0, 0.05) is 0 Å². The second-order valence-corrected chi connectivity index (χ2v) is 1.21. The number of ether oxygens (including phenoxy) is 2. The van der Waals surface area contributed by atoms with Crippen molar-refractivity contribution in [2.45, 2.75) is 0 Å². The van der Waals surface area contributed by atoms with E-state index in [0.717, 1.165) is 0 Å². The predicted octanol–water partition coefficient (Wildman–Crippen LogP) is 0.659. The molecule has 1 fully saturated rings. The molecule has 0 aromatic heterocycles. The van der Waals surface area contributed by atoms with Crippen molar-refractivity contribution in [1.29, 1.82) is 0 Å². The molecule has 0 aromatic carbocycles. The van der Waals surface area contributed by atoms with Crippen molar-refractivity contribution in [1.82, 2.24) is 0 Å². The van der Waals surface area contributed by atoms with Gasteiger partial charge in [0.05, 0.1) is 0 Å². The monoisotopic (exact) mass is 98.0 g/mol. The average Bonchev–Trinajstić information content (AvgIpc) is 2.14. The van der Waals surface area contributed by atoms with Gasteiger partial charge in [0.25, 0.3) is 0 Å². The van der Waals surface area contributed by atoms with Crippen LogP contribution < -0.4 is 0 Å². The SMILES string of the molecule is C=C=C1COCO1. The molecule has 0 amide bonds. The maximum absolute atomic E-state index is 4.82. The average molecular weight is 98.1 g/mol. The van der Waals surface area contributed by atoms with Gasteiger partial charge in [-0.3, -0.25) is 0 Å². The standard InChI is InChI=1S/C5H6O2/c1-2-5-3-6-4-7-5/h1,3-4H2. The summed E-state index contributed by atoms with van der Waals surface area (Å²) in [5, 5.41) is 0. The minimum Gasteiger partial charge on any atom is -0.461 e. The summed E-state index contributed by atoms with van der Waals surface area (Å²) in [6, 6.07) is 0. The fraction of sp³-hybridized carbons (Fsp3) is 0.400. The van der Waals surface area contributed by atoms with Gasteiger partial charge >= 0.3 is 0 Å². The molecule has 1 aliphatic rings. The van der Waals surface area contributed by atoms with E-state index in [1.54, 1.807) is 0 Å². The van der Waals surface area contributed by atoms with Crippen LogP contribution in [0.4, 0.5) is 0 Å². The van der Waals surface area contributed by atoms with E-state index < -0.39 is 0 Å². The second kappa shape index (κ2) is 1.82. The van der Waals surface area contributed by atoms with Crippen molar-refractivity contribution in [3.63, 3.8) is 0 Å². The highest BCUT2D eigenvalue weighted by molar-refractivity contribution is 4.90. The summed E-state index contributed by atoms with van der Waals surface area (Å²) in [6.07, 6.45) is 0. The molecule has 2 nitrogen and oxygen atoms in total. The Labute approximate surface area is 42.0 Å². The molecule has 0 N–H and O–H groups in total. The third-order valence-corrected chi connectivity index (χ3v) is 0.747. The first-order chi connectivity index (χ1) is 3.43. The summed E-state index contributed by atoms with van der Waals surface area (Å²) >= 11 is 0. The molecule has 1 aliphatic heterocycles. The highest BCUT2D eigenvalue weighted by atomic mass is 16.7. The van der Waals surface area contributed by atoms with Crippen LogP contribution >= 0.6 is 0 Å². The van der Waals surface area contributed by atoms with E-state index in [1.165, 1.54) is 0 Å². The Balaban J connectivity index is 2.57. The molecule has 0 aliphatic carbocycles. The van der Waals surface area contributed by atoms with Crippen molar-refractivity contribution in [3.05, 3.63) is 18.1 Å². The molecule has 0 radical (unpaired) electrons. The number of rotatable bonds is 0. The molecule has 1 saturated heterocycles. The predicted molar refractivity (Wildman–Crippen MR) is 24.6 cm³/mol. The summed E-state index contributed by atoms with van der Waals surface area (Å²) in [4.78, 5) is 0. The maximum Gasteiger partial charge on any atom is 0.190 e. The zero-order chi connectivity index (χ0) is 5.11. The third-order valence-electron chi connectivity index (χ3n) is 0.747. The number of hydrogen-bond donors (Lipinski definition) is 0. The first-order valence-electron chi connectivity index (χ1n) is 2.03. The normalized spacial score (nSPS) is 18.6. The van der Waals surface area contributed by atoms with E-state index in [9.17, 15) is 0 Å². The molecular weight excluding hydrogens is 92.1 g/mol. The Bertz CT molecular complexity index is 103. The lowest BCUT2D eigenvalue weighted by Gasteiger charge is -1.83. The summed E-state index contributed by atoms with van der Waals surface area (Å²) < 4.78 is 9.61. The van der Waals surface area contributed by atoms with Crippen LogP contribution in [-0.2, 0) is 9.47 Å². The van der Waals surface area contributed by atoms with Gasteiger partial charge in [0.2, 0.25) is 0 Å². The van der Waals surface area contributed by atoms with Gasteiger partial charge in [-0.05, 0) is 0 Å². The van der Waals surface area contributed by atoms with Crippen LogP contribution in [0.25, 0.3) is 0 Å². The van der Waals surface area contributed by atoms with Crippen LogP contribution in [0, 0.1) is 0 Å². The lowest BCUT2D eigenvalue weighted by atomic mass is 10.6. The van der Waals surface area contributed by atoms with E-state index in [2.05, 4.69) is 12.3 Å². The molecule has 7 heavy (non-hydrogen) atoms. The number of hydrogen-bond acceptors (Lipinski definition) is 2. The quantitative estimate of drug-likeness (QED) is 0.414. The maximum atomic E-state index is 4.82. The highest BCUT2D eigenvalue weighted by Gasteiger charge is 2.03. The zero-order valence-corrected chi connectivity index (χ0v) is 3.94. The smallest absolute Gasteiger partial charge is 0.190 e. The fourth-order valence-corrected chi connectivity index (χ4v) is 0.391. The lowest BCUT2D eigenvalue weighted by molar-refractivity contribution is 0.0801. The van der Waals surface area contributed by atoms with Gasteiger partial charge in [0.15, 0.2) is 12.6 Å². The van der Waals surface area contributed by atoms with E-state index in [-0.39, 0.29) is 0 Å². The molecule has 0 spiro atoms. The van der Waals surface area contributed by atoms with Gasteiger partial charge < -0.3 is 9.47 Å². The van der Waals surface area contributed by atoms with Crippen LogP contribution in [0.3, 0.4) is 0 Å². The van der Waals surface area contributed by atoms with Crippen molar-refractivity contribution in [2.24, 2.45) is 0 Å². The second-order valence-electron chi connectivity index (χ2n) is 1.21. The first-order valence-corrected chi connectivity index (χ1v) is 2.03. The fourth-order valence-electron chi connectivity index (χ4n) is 0.391. The van der Waals surface area contributed by atoms with E-state index in [0.29, 0.717) is 19.2 Å². The van der Waals surface area contributed by atoms with Crippen LogP contribution in [-0.4, -0.2) is 13.4 Å². The van der Waals surface area contributed by atoms with Gasteiger partial charge in [-0.25, -0.2) is 0 Å². The summed E-state index contributed by atoms with van der Waals surface area (Å²) in [6.45, 7) is 4.27. The Hall–Kier alpha value is -0.720. The van der Waals surface area contributed by atoms with Crippen LogP contribution in [0.15, 0.2) is 18.1 Å². The van der Waals surface area contributed by atoms with Crippen LogP contribution in [0.5, 0.6) is 0 Å². The Morgan fingerprint density at radius 2 is 2.57 bits per heavy atom. The first kappa shape index (κ1) is 4.44. The van der Waals surface area contributed by atoms with Gasteiger partial charge in [-0.2, -0.15) is 0 Å². The molecule has 1 heterocycles. The van der Waals surface area contributed by atoms with E-state index in [4.69, 9.17) is 9.47 Å². The van der Waals surface area contributed by atoms with Crippen molar-refractivity contribution >= 4 is 0 Å². The van der Waals surface area contributed by atoms with Crippen molar-refractivity contribution in [2.75, 3.05) is 13.4 Å². The van der Waals surface area contributed by atoms with E-state index in [1.807, 2.05) is 0 Å². The zero-order valence-electron chi connectivity index (χ0n) is 3.94. The van der Waals surface area contributed by atoms with Crippen LogP contribution in [0.2, 0.25) is 0 Å². The molecular formula is C5H6O2. The van der Waals surface area contributed by atoms with E-state index >= 15 is 0 Å². The molecule has 0 saturated carbocycles. The molecule has 1 rings (SSSR count). The minimum atomic E-state index is 0.359. The van der Waals surface area contributed by atoms with Crippen molar-refractivity contribution in [3.8, 4) is 0 Å². The van der Waals surface area contributed by atoms with Gasteiger partial charge in [-0.1, -0.05) is 12.3 Å². The highest BCUT2D eigenvalue weighted by Crippen LogP contribution is 2.02. The summed E-state index contributed by atoms with van der Waals surface area (Å²) in [5.41, 5.74) is 2.58. The summed E-state index contributed by atoms with van der Waals surface area (Å²) in [7, 11) is 0. The lowest BCUT2D eigenvalue weighted by Crippen LogP contribution is -1.77. The van der Waals surface area contributed by atoms with Crippen molar-refractivity contribution < 1.29 is 9.47 Å². The third kappa shape index (κ3) is 0.829. The minimum absolute atomic E-state index is 0.359. The molecule has 0 unspecified atom stereocenters. The largest absolute Gasteiger partial charge is 0.461 e. The Kier molecular flexibility index (Phi) is 1.16.